The van der Waals surface area contributed by atoms with Crippen molar-refractivity contribution in [1.29, 1.82) is 0 Å². The summed E-state index contributed by atoms with van der Waals surface area (Å²) < 4.78 is 26.9. The molecule has 2 aliphatic rings. The predicted molar refractivity (Wildman–Crippen MR) is 107 cm³/mol. The highest BCUT2D eigenvalue weighted by molar-refractivity contribution is 7.89. The lowest BCUT2D eigenvalue weighted by atomic mass is 9.99. The summed E-state index contributed by atoms with van der Waals surface area (Å²) in [6.07, 6.45) is 6.65. The minimum absolute atomic E-state index is 0.329. The van der Waals surface area contributed by atoms with E-state index in [0.717, 1.165) is 55.3 Å². The Morgan fingerprint density at radius 3 is 2.14 bits per heavy atom. The van der Waals surface area contributed by atoms with Crippen molar-refractivity contribution in [2.24, 2.45) is 0 Å². The number of aldehydes is 1. The predicted octanol–water partition coefficient (Wildman–Crippen LogP) is 3.13. The second-order valence-corrected chi connectivity index (χ2v) is 9.13. The fourth-order valence-electron chi connectivity index (χ4n) is 4.20. The zero-order chi connectivity index (χ0) is 19.7. The maximum absolute atomic E-state index is 12.5. The lowest BCUT2D eigenvalue weighted by molar-refractivity contribution is 0.112. The second kappa shape index (κ2) is 7.39. The maximum atomic E-state index is 12.5. The highest BCUT2D eigenvalue weighted by Gasteiger charge is 2.26. The highest BCUT2D eigenvalue weighted by Crippen LogP contribution is 2.38. The number of fused-ring (bicyclic) bond motifs is 2. The molecular weight excluding hydrogens is 376 g/mol. The molecule has 2 aromatic carbocycles. The van der Waals surface area contributed by atoms with Crippen molar-refractivity contribution >= 4 is 28.0 Å². The Morgan fingerprint density at radius 2 is 1.57 bits per heavy atom. The number of hydrogen-bond acceptors (Lipinski definition) is 4. The van der Waals surface area contributed by atoms with Gasteiger partial charge in [-0.3, -0.25) is 4.79 Å². The first kappa shape index (κ1) is 18.7. The molecule has 2 aliphatic carbocycles. The Morgan fingerprint density at radius 1 is 0.964 bits per heavy atom. The van der Waals surface area contributed by atoms with E-state index >= 15 is 0 Å². The Balaban J connectivity index is 1.49. The Labute approximate surface area is 164 Å². The average molecular weight is 398 g/mol. The van der Waals surface area contributed by atoms with Crippen LogP contribution in [0.25, 0.3) is 0 Å². The molecule has 28 heavy (non-hydrogen) atoms. The van der Waals surface area contributed by atoms with Crippen LogP contribution in [0.5, 0.6) is 0 Å². The Bertz CT molecular complexity index is 1010. The van der Waals surface area contributed by atoms with Gasteiger partial charge >= 0.3 is 6.03 Å². The van der Waals surface area contributed by atoms with E-state index in [1.54, 1.807) is 24.3 Å². The minimum Gasteiger partial charge on any atom is -0.307 e. The van der Waals surface area contributed by atoms with Crippen LogP contribution in [0.1, 0.15) is 51.0 Å². The molecule has 0 saturated heterocycles. The molecule has 0 saturated carbocycles. The van der Waals surface area contributed by atoms with Gasteiger partial charge in [-0.2, -0.15) is 0 Å². The quantitative estimate of drug-likeness (QED) is 0.757. The van der Waals surface area contributed by atoms with Crippen molar-refractivity contribution in [1.82, 2.24) is 4.72 Å². The van der Waals surface area contributed by atoms with Gasteiger partial charge in [-0.15, -0.1) is 0 Å². The topological polar surface area (TPSA) is 92.3 Å². The molecule has 4 rings (SSSR count). The van der Waals surface area contributed by atoms with Gasteiger partial charge in [0.05, 0.1) is 5.75 Å². The summed E-state index contributed by atoms with van der Waals surface area (Å²) in [5.74, 6) is -0.329. The lowest BCUT2D eigenvalue weighted by Crippen LogP contribution is -2.35. The first-order valence-electron chi connectivity index (χ1n) is 9.47. The Kier molecular flexibility index (Phi) is 4.93. The summed E-state index contributed by atoms with van der Waals surface area (Å²) in [6, 6.07) is 7.77. The molecule has 0 heterocycles. The van der Waals surface area contributed by atoms with Crippen molar-refractivity contribution in [2.45, 2.75) is 44.3 Å². The van der Waals surface area contributed by atoms with Gasteiger partial charge in [-0.1, -0.05) is 30.3 Å². The normalized spacial score (nSPS) is 15.0. The largest absolute Gasteiger partial charge is 0.332 e. The highest BCUT2D eigenvalue weighted by atomic mass is 32.2. The fourth-order valence-corrected chi connectivity index (χ4v) is 5.23. The van der Waals surface area contributed by atoms with Crippen LogP contribution < -0.4 is 10.0 Å². The molecular formula is C21H22N2O4S. The number of carbonyl (C=O) groups is 2. The molecule has 146 valence electrons. The summed E-state index contributed by atoms with van der Waals surface area (Å²) in [7, 11) is -3.85. The second-order valence-electron chi connectivity index (χ2n) is 7.41. The molecule has 0 aromatic heterocycles. The third kappa shape index (κ3) is 3.80. The van der Waals surface area contributed by atoms with Crippen LogP contribution in [0.4, 0.5) is 10.5 Å². The molecule has 0 aliphatic heterocycles. The SMILES string of the molecule is O=Cc1ccc(CS(=O)(=O)NC(=O)Nc2c3c(cc4c2CCC4)CCC3)cc1. The summed E-state index contributed by atoms with van der Waals surface area (Å²) in [4.78, 5) is 23.2. The monoisotopic (exact) mass is 398 g/mol. The first-order chi connectivity index (χ1) is 13.4. The van der Waals surface area contributed by atoms with Gasteiger partial charge in [0.15, 0.2) is 0 Å². The molecule has 2 aromatic rings. The van der Waals surface area contributed by atoms with Crippen LogP contribution in [-0.4, -0.2) is 20.7 Å². The van der Waals surface area contributed by atoms with E-state index in [0.29, 0.717) is 17.4 Å². The smallest absolute Gasteiger partial charge is 0.307 e. The van der Waals surface area contributed by atoms with E-state index in [-0.39, 0.29) is 5.75 Å². The van der Waals surface area contributed by atoms with Gasteiger partial charge in [0.1, 0.15) is 6.29 Å². The number of anilines is 1. The van der Waals surface area contributed by atoms with E-state index in [4.69, 9.17) is 0 Å². The van der Waals surface area contributed by atoms with Crippen LogP contribution in [-0.2, 0) is 41.5 Å². The summed E-state index contributed by atoms with van der Waals surface area (Å²) in [5, 5.41) is 2.83. The first-order valence-corrected chi connectivity index (χ1v) is 11.1. The number of amides is 2. The fraction of sp³-hybridized carbons (Fsp3) is 0.333. The zero-order valence-corrected chi connectivity index (χ0v) is 16.3. The van der Waals surface area contributed by atoms with Gasteiger partial charge < -0.3 is 5.32 Å². The number of urea groups is 1. The summed E-state index contributed by atoms with van der Waals surface area (Å²) in [5.41, 5.74) is 6.63. The molecule has 0 atom stereocenters. The van der Waals surface area contributed by atoms with Crippen molar-refractivity contribution in [3.05, 3.63) is 63.7 Å². The molecule has 0 bridgehead atoms. The van der Waals surface area contributed by atoms with Gasteiger partial charge in [0.2, 0.25) is 10.0 Å². The molecule has 2 N–H and O–H groups in total. The van der Waals surface area contributed by atoms with Crippen LogP contribution in [0, 0.1) is 0 Å². The maximum Gasteiger partial charge on any atom is 0.332 e. The number of aryl methyl sites for hydroxylation is 2. The van der Waals surface area contributed by atoms with Crippen molar-refractivity contribution in [3.63, 3.8) is 0 Å². The van der Waals surface area contributed by atoms with E-state index in [2.05, 4.69) is 16.1 Å². The molecule has 7 heteroatoms. The molecule has 0 unspecified atom stereocenters. The van der Waals surface area contributed by atoms with E-state index in [1.807, 2.05) is 0 Å². The number of nitrogens with one attached hydrogen (secondary N) is 2. The van der Waals surface area contributed by atoms with Crippen molar-refractivity contribution < 1.29 is 18.0 Å². The zero-order valence-electron chi connectivity index (χ0n) is 15.5. The number of rotatable bonds is 5. The van der Waals surface area contributed by atoms with Crippen LogP contribution in [0.3, 0.4) is 0 Å². The van der Waals surface area contributed by atoms with Gasteiger partial charge in [-0.25, -0.2) is 17.9 Å². The minimum atomic E-state index is -3.85. The average Bonchev–Trinajstić information content (AvgIpc) is 3.30. The number of hydrogen-bond donors (Lipinski definition) is 2. The van der Waals surface area contributed by atoms with Crippen LogP contribution in [0.15, 0.2) is 30.3 Å². The van der Waals surface area contributed by atoms with Crippen LogP contribution >= 0.6 is 0 Å². The summed E-state index contributed by atoms with van der Waals surface area (Å²) >= 11 is 0. The van der Waals surface area contributed by atoms with E-state index in [1.165, 1.54) is 11.1 Å². The molecule has 0 spiro atoms. The Hall–Kier alpha value is -2.67. The van der Waals surface area contributed by atoms with Crippen molar-refractivity contribution in [2.75, 3.05) is 5.32 Å². The molecule has 0 fully saturated rings. The third-order valence-electron chi connectivity index (χ3n) is 5.43. The van der Waals surface area contributed by atoms with E-state index < -0.39 is 16.1 Å². The van der Waals surface area contributed by atoms with Gasteiger partial charge in [0, 0.05) is 11.3 Å². The molecule has 6 nitrogen and oxygen atoms in total. The van der Waals surface area contributed by atoms with Crippen molar-refractivity contribution in [3.8, 4) is 0 Å². The number of sulfonamides is 1. The number of benzene rings is 2. The van der Waals surface area contributed by atoms with E-state index in [9.17, 15) is 18.0 Å². The van der Waals surface area contributed by atoms with Gasteiger partial charge in [0.25, 0.3) is 0 Å². The lowest BCUT2D eigenvalue weighted by Gasteiger charge is -2.16. The van der Waals surface area contributed by atoms with Gasteiger partial charge in [-0.05, 0) is 66.3 Å². The molecule has 2 amide bonds. The number of carbonyl (C=O) groups excluding carboxylic acids is 2. The summed E-state index contributed by atoms with van der Waals surface area (Å²) in [6.45, 7) is 0. The standard InChI is InChI=1S/C21H22N2O4S/c24-12-14-7-9-15(10-8-14)13-28(26,27)23-21(25)22-20-18-5-1-3-16(18)11-17-4-2-6-19(17)20/h7-12H,1-6,13H2,(H2,22,23,25). The molecule has 0 radical (unpaired) electrons. The van der Waals surface area contributed by atoms with Crippen LogP contribution in [0.2, 0.25) is 0 Å². The third-order valence-corrected chi connectivity index (χ3v) is 6.64.